The van der Waals surface area contributed by atoms with Gasteiger partial charge in [0, 0.05) is 15.4 Å². The van der Waals surface area contributed by atoms with Crippen LogP contribution in [-0.4, -0.2) is 26.5 Å². The summed E-state index contributed by atoms with van der Waals surface area (Å²) in [5, 5.41) is 5.55. The van der Waals surface area contributed by atoms with Gasteiger partial charge in [-0.25, -0.2) is 8.42 Å². The fourth-order valence-corrected chi connectivity index (χ4v) is 6.02. The van der Waals surface area contributed by atoms with Gasteiger partial charge < -0.3 is 5.32 Å². The molecule has 3 nitrogen and oxygen atoms in total. The third-order valence-corrected chi connectivity index (χ3v) is 7.03. The first kappa shape index (κ1) is 14.5. The van der Waals surface area contributed by atoms with E-state index >= 15 is 0 Å². The molecule has 6 heteroatoms. The SMILES string of the molecule is CCCNC(c1sccc1Br)C1CCS(=O)(=O)C1. The highest BCUT2D eigenvalue weighted by atomic mass is 79.9. The largest absolute Gasteiger partial charge is 0.309 e. The smallest absolute Gasteiger partial charge is 0.150 e. The molecule has 1 aliphatic rings. The van der Waals surface area contributed by atoms with Crippen LogP contribution in [0.1, 0.15) is 30.7 Å². The van der Waals surface area contributed by atoms with E-state index in [-0.39, 0.29) is 12.0 Å². The van der Waals surface area contributed by atoms with Crippen LogP contribution in [0, 0.1) is 5.92 Å². The molecule has 1 saturated heterocycles. The Morgan fingerprint density at radius 1 is 1.61 bits per heavy atom. The molecule has 1 fully saturated rings. The van der Waals surface area contributed by atoms with Crippen molar-refractivity contribution >= 4 is 37.1 Å². The molecule has 2 rings (SSSR count). The van der Waals surface area contributed by atoms with Crippen LogP contribution in [0.3, 0.4) is 0 Å². The van der Waals surface area contributed by atoms with E-state index in [9.17, 15) is 8.42 Å². The van der Waals surface area contributed by atoms with E-state index in [0.29, 0.717) is 11.5 Å². The van der Waals surface area contributed by atoms with Crippen molar-refractivity contribution in [2.45, 2.75) is 25.8 Å². The second-order valence-electron chi connectivity index (χ2n) is 4.73. The van der Waals surface area contributed by atoms with Crippen LogP contribution in [0.4, 0.5) is 0 Å². The molecule has 0 bridgehead atoms. The molecule has 0 aliphatic carbocycles. The van der Waals surface area contributed by atoms with Crippen molar-refractivity contribution in [3.63, 3.8) is 0 Å². The van der Waals surface area contributed by atoms with E-state index in [1.807, 2.05) is 11.4 Å². The molecule has 0 radical (unpaired) electrons. The molecule has 0 saturated carbocycles. The Hall–Kier alpha value is 0.0900. The van der Waals surface area contributed by atoms with E-state index in [0.717, 1.165) is 23.9 Å². The average molecular weight is 352 g/mol. The van der Waals surface area contributed by atoms with Crippen molar-refractivity contribution in [3.8, 4) is 0 Å². The molecule has 0 spiro atoms. The third kappa shape index (κ3) is 3.35. The van der Waals surface area contributed by atoms with Crippen molar-refractivity contribution in [1.82, 2.24) is 5.32 Å². The highest BCUT2D eigenvalue weighted by molar-refractivity contribution is 9.10. The lowest BCUT2D eigenvalue weighted by Gasteiger charge is -2.23. The zero-order chi connectivity index (χ0) is 13.2. The van der Waals surface area contributed by atoms with Crippen molar-refractivity contribution in [1.29, 1.82) is 0 Å². The van der Waals surface area contributed by atoms with Gasteiger partial charge in [-0.3, -0.25) is 0 Å². The minimum atomic E-state index is -2.82. The number of sulfone groups is 1. The summed E-state index contributed by atoms with van der Waals surface area (Å²) in [6.07, 6.45) is 1.83. The Morgan fingerprint density at radius 2 is 2.39 bits per heavy atom. The Balaban J connectivity index is 2.18. The predicted octanol–water partition coefficient (Wildman–Crippen LogP) is 2.99. The van der Waals surface area contributed by atoms with E-state index in [2.05, 4.69) is 28.2 Å². The van der Waals surface area contributed by atoms with Crippen molar-refractivity contribution in [2.24, 2.45) is 5.92 Å². The fraction of sp³-hybridized carbons (Fsp3) is 0.667. The lowest BCUT2D eigenvalue weighted by molar-refractivity contribution is 0.397. The molecule has 1 aliphatic heterocycles. The van der Waals surface area contributed by atoms with E-state index < -0.39 is 9.84 Å². The van der Waals surface area contributed by atoms with Crippen LogP contribution >= 0.6 is 27.3 Å². The van der Waals surface area contributed by atoms with Gasteiger partial charge in [0.2, 0.25) is 0 Å². The summed E-state index contributed by atoms with van der Waals surface area (Å²) >= 11 is 5.25. The minimum Gasteiger partial charge on any atom is -0.309 e. The highest BCUT2D eigenvalue weighted by Crippen LogP contribution is 2.37. The Bertz CT molecular complexity index is 498. The maximum absolute atomic E-state index is 11.6. The zero-order valence-electron chi connectivity index (χ0n) is 10.4. The molecule has 1 N–H and O–H groups in total. The highest BCUT2D eigenvalue weighted by Gasteiger charge is 2.35. The molecule has 18 heavy (non-hydrogen) atoms. The van der Waals surface area contributed by atoms with Crippen molar-refractivity contribution in [2.75, 3.05) is 18.1 Å². The number of hydrogen-bond donors (Lipinski definition) is 1. The van der Waals surface area contributed by atoms with Crippen molar-refractivity contribution < 1.29 is 8.42 Å². The molecule has 102 valence electrons. The average Bonchev–Trinajstić information content (AvgIpc) is 2.87. The topological polar surface area (TPSA) is 46.2 Å². The van der Waals surface area contributed by atoms with Gasteiger partial charge in [-0.05, 0) is 52.7 Å². The van der Waals surface area contributed by atoms with Crippen LogP contribution in [0.15, 0.2) is 15.9 Å². The summed E-state index contributed by atoms with van der Waals surface area (Å²) in [7, 11) is -2.82. The number of halogens is 1. The lowest BCUT2D eigenvalue weighted by Crippen LogP contribution is -2.29. The maximum Gasteiger partial charge on any atom is 0.150 e. The normalized spacial score (nSPS) is 24.2. The van der Waals surface area contributed by atoms with Gasteiger partial charge >= 0.3 is 0 Å². The third-order valence-electron chi connectivity index (χ3n) is 3.28. The Morgan fingerprint density at radius 3 is 2.89 bits per heavy atom. The summed E-state index contributed by atoms with van der Waals surface area (Å²) in [4.78, 5) is 1.23. The molecule has 2 heterocycles. The van der Waals surface area contributed by atoms with Gasteiger partial charge in [0.05, 0.1) is 11.5 Å². The lowest BCUT2D eigenvalue weighted by atomic mass is 9.97. The van der Waals surface area contributed by atoms with Crippen LogP contribution in [-0.2, 0) is 9.84 Å². The number of nitrogens with one attached hydrogen (secondary N) is 1. The molecule has 2 unspecified atom stereocenters. The molecular weight excluding hydrogens is 334 g/mol. The molecule has 1 aromatic heterocycles. The molecule has 0 amide bonds. The minimum absolute atomic E-state index is 0.164. The standard InChI is InChI=1S/C12H18BrNO2S2/c1-2-5-14-11(12-10(13)3-6-17-12)9-4-7-18(15,16)8-9/h3,6,9,11,14H,2,4-5,7-8H2,1H3. The Labute approximate surface area is 121 Å². The fourth-order valence-electron chi connectivity index (χ4n) is 2.39. The van der Waals surface area contributed by atoms with Gasteiger partial charge in [-0.15, -0.1) is 11.3 Å². The van der Waals surface area contributed by atoms with E-state index in [4.69, 9.17) is 0 Å². The molecular formula is C12H18BrNO2S2. The van der Waals surface area contributed by atoms with Gasteiger partial charge in [0.15, 0.2) is 9.84 Å². The maximum atomic E-state index is 11.6. The quantitative estimate of drug-likeness (QED) is 0.886. The van der Waals surface area contributed by atoms with Gasteiger partial charge in [0.25, 0.3) is 0 Å². The molecule has 1 aromatic rings. The zero-order valence-corrected chi connectivity index (χ0v) is 13.6. The van der Waals surface area contributed by atoms with Crippen LogP contribution in [0.5, 0.6) is 0 Å². The first-order valence-corrected chi connectivity index (χ1v) is 9.69. The first-order valence-electron chi connectivity index (χ1n) is 6.20. The summed E-state index contributed by atoms with van der Waals surface area (Å²) in [5.41, 5.74) is 0. The predicted molar refractivity (Wildman–Crippen MR) is 79.8 cm³/mol. The molecule has 0 aromatic carbocycles. The summed E-state index contributed by atoms with van der Waals surface area (Å²) in [6, 6.07) is 2.20. The van der Waals surface area contributed by atoms with Crippen LogP contribution in [0.25, 0.3) is 0 Å². The van der Waals surface area contributed by atoms with E-state index in [1.165, 1.54) is 4.88 Å². The number of hydrogen-bond acceptors (Lipinski definition) is 4. The Kier molecular flexibility index (Phi) is 4.86. The summed E-state index contributed by atoms with van der Waals surface area (Å²) < 4.78 is 24.4. The van der Waals surface area contributed by atoms with E-state index in [1.54, 1.807) is 11.3 Å². The first-order chi connectivity index (χ1) is 8.53. The monoisotopic (exact) mass is 351 g/mol. The van der Waals surface area contributed by atoms with Crippen molar-refractivity contribution in [3.05, 3.63) is 20.8 Å². The second kappa shape index (κ2) is 6.03. The molecule has 2 atom stereocenters. The van der Waals surface area contributed by atoms with Gasteiger partial charge in [0.1, 0.15) is 0 Å². The second-order valence-corrected chi connectivity index (χ2v) is 8.76. The van der Waals surface area contributed by atoms with Gasteiger partial charge in [-0.2, -0.15) is 0 Å². The number of thiophene rings is 1. The number of rotatable bonds is 5. The summed E-state index contributed by atoms with van der Waals surface area (Å²) in [5.74, 6) is 0.862. The van der Waals surface area contributed by atoms with Crippen LogP contribution in [0.2, 0.25) is 0 Å². The summed E-state index contributed by atoms with van der Waals surface area (Å²) in [6.45, 7) is 3.05. The van der Waals surface area contributed by atoms with Crippen LogP contribution < -0.4 is 5.32 Å². The van der Waals surface area contributed by atoms with Gasteiger partial charge in [-0.1, -0.05) is 6.92 Å².